The summed E-state index contributed by atoms with van der Waals surface area (Å²) < 4.78 is 1.04. The number of rotatable bonds is 4. The smallest absolute Gasteiger partial charge is 0.123 e. The first-order valence-corrected chi connectivity index (χ1v) is 8.17. The summed E-state index contributed by atoms with van der Waals surface area (Å²) in [7, 11) is 0. The van der Waals surface area contributed by atoms with E-state index >= 15 is 0 Å². The third-order valence-electron chi connectivity index (χ3n) is 3.83. The third-order valence-corrected chi connectivity index (χ3v) is 4.28. The van der Waals surface area contributed by atoms with E-state index in [4.69, 9.17) is 0 Å². The fraction of sp³-hybridized carbons (Fsp3) is 0.625. The van der Waals surface area contributed by atoms with E-state index in [9.17, 15) is 5.11 Å². The highest BCUT2D eigenvalue weighted by atomic mass is 79.9. The Kier molecular flexibility index (Phi) is 5.47. The zero-order valence-electron chi connectivity index (χ0n) is 12.7. The minimum atomic E-state index is 0.442. The van der Waals surface area contributed by atoms with E-state index in [0.29, 0.717) is 5.75 Å². The van der Waals surface area contributed by atoms with E-state index in [-0.39, 0.29) is 0 Å². The van der Waals surface area contributed by atoms with Crippen molar-refractivity contribution in [2.45, 2.75) is 27.3 Å². The summed E-state index contributed by atoms with van der Waals surface area (Å²) in [6, 6.07) is 3.99. The van der Waals surface area contributed by atoms with Gasteiger partial charge in [-0.2, -0.15) is 0 Å². The van der Waals surface area contributed by atoms with Crippen LogP contribution in [-0.2, 0) is 6.54 Å². The predicted molar refractivity (Wildman–Crippen MR) is 87.1 cm³/mol. The molecule has 3 nitrogen and oxygen atoms in total. The van der Waals surface area contributed by atoms with Crippen LogP contribution in [0, 0.1) is 12.8 Å². The van der Waals surface area contributed by atoms with Crippen LogP contribution in [0.4, 0.5) is 0 Å². The molecule has 0 unspecified atom stereocenters. The zero-order chi connectivity index (χ0) is 14.7. The highest BCUT2D eigenvalue weighted by Gasteiger charge is 2.19. The van der Waals surface area contributed by atoms with Gasteiger partial charge in [-0.1, -0.05) is 29.8 Å². The van der Waals surface area contributed by atoms with Crippen LogP contribution in [0.5, 0.6) is 5.75 Å². The quantitative estimate of drug-likeness (QED) is 0.911. The third kappa shape index (κ3) is 4.21. The lowest BCUT2D eigenvalue weighted by Gasteiger charge is -2.35. The number of phenolic OH excluding ortho intramolecular Hbond substituents is 1. The summed E-state index contributed by atoms with van der Waals surface area (Å²) in [4.78, 5) is 4.96. The summed E-state index contributed by atoms with van der Waals surface area (Å²) in [6.07, 6.45) is 0. The molecule has 0 aromatic heterocycles. The van der Waals surface area contributed by atoms with Gasteiger partial charge in [0, 0.05) is 49.3 Å². The highest BCUT2D eigenvalue weighted by Crippen LogP contribution is 2.28. The number of benzene rings is 1. The molecule has 2 rings (SSSR count). The molecular formula is C16H25BrN2O. The fourth-order valence-corrected chi connectivity index (χ4v) is 3.43. The number of nitrogens with zero attached hydrogens (tertiary/aromatic N) is 2. The maximum atomic E-state index is 10.2. The fourth-order valence-electron chi connectivity index (χ4n) is 2.81. The van der Waals surface area contributed by atoms with Gasteiger partial charge in [0.15, 0.2) is 0 Å². The van der Waals surface area contributed by atoms with Crippen molar-refractivity contribution in [2.24, 2.45) is 5.92 Å². The van der Waals surface area contributed by atoms with Gasteiger partial charge in [-0.25, -0.2) is 0 Å². The molecule has 4 heteroatoms. The molecule has 1 aromatic rings. The molecule has 0 saturated carbocycles. The van der Waals surface area contributed by atoms with Crippen LogP contribution >= 0.6 is 15.9 Å². The standard InChI is InChI=1S/C16H25BrN2O/c1-12(2)10-18-4-6-19(7-5-18)11-14-9-15(17)8-13(3)16(14)20/h8-9,12,20H,4-7,10-11H2,1-3H3. The van der Waals surface area contributed by atoms with Crippen molar-refractivity contribution in [2.75, 3.05) is 32.7 Å². The van der Waals surface area contributed by atoms with E-state index in [1.54, 1.807) is 0 Å². The average Bonchev–Trinajstić information content (AvgIpc) is 2.37. The first-order valence-electron chi connectivity index (χ1n) is 7.38. The van der Waals surface area contributed by atoms with Crippen LogP contribution in [0.3, 0.4) is 0 Å². The second-order valence-electron chi connectivity index (χ2n) is 6.20. The molecule has 0 spiro atoms. The molecule has 0 bridgehead atoms. The van der Waals surface area contributed by atoms with Crippen LogP contribution in [-0.4, -0.2) is 47.6 Å². The highest BCUT2D eigenvalue weighted by molar-refractivity contribution is 9.10. The number of aryl methyl sites for hydroxylation is 1. The molecule has 1 heterocycles. The molecular weight excluding hydrogens is 316 g/mol. The summed E-state index contributed by atoms with van der Waals surface area (Å²) in [5, 5.41) is 10.2. The van der Waals surface area contributed by atoms with Crippen LogP contribution in [0.25, 0.3) is 0 Å². The van der Waals surface area contributed by atoms with Gasteiger partial charge < -0.3 is 10.0 Å². The summed E-state index contributed by atoms with van der Waals surface area (Å²) in [5.41, 5.74) is 1.96. The van der Waals surface area contributed by atoms with Crippen molar-refractivity contribution < 1.29 is 5.11 Å². The van der Waals surface area contributed by atoms with Crippen molar-refractivity contribution in [3.63, 3.8) is 0 Å². The van der Waals surface area contributed by atoms with E-state index in [2.05, 4.69) is 39.6 Å². The first-order chi connectivity index (χ1) is 9.45. The summed E-state index contributed by atoms with van der Waals surface area (Å²) in [6.45, 7) is 12.9. The van der Waals surface area contributed by atoms with Gasteiger partial charge in [-0.15, -0.1) is 0 Å². The molecule has 0 radical (unpaired) electrons. The average molecular weight is 341 g/mol. The van der Waals surface area contributed by atoms with Gasteiger partial charge in [-0.3, -0.25) is 4.90 Å². The summed E-state index contributed by atoms with van der Waals surface area (Å²) in [5.74, 6) is 1.18. The predicted octanol–water partition coefficient (Wildman–Crippen LogP) is 3.24. The lowest BCUT2D eigenvalue weighted by molar-refractivity contribution is 0.117. The number of piperazine rings is 1. The molecule has 0 amide bonds. The minimum Gasteiger partial charge on any atom is -0.507 e. The molecule has 0 aliphatic carbocycles. The topological polar surface area (TPSA) is 26.7 Å². The van der Waals surface area contributed by atoms with Crippen molar-refractivity contribution in [1.29, 1.82) is 0 Å². The van der Waals surface area contributed by atoms with Crippen LogP contribution in [0.2, 0.25) is 0 Å². The van der Waals surface area contributed by atoms with Gasteiger partial charge >= 0.3 is 0 Å². The Morgan fingerprint density at radius 1 is 1.15 bits per heavy atom. The largest absolute Gasteiger partial charge is 0.507 e. The Labute approximate surface area is 130 Å². The van der Waals surface area contributed by atoms with Gasteiger partial charge in [0.25, 0.3) is 0 Å². The molecule has 1 aromatic carbocycles. The molecule has 112 valence electrons. The Morgan fingerprint density at radius 2 is 1.75 bits per heavy atom. The number of aromatic hydroxyl groups is 1. The van der Waals surface area contributed by atoms with E-state index in [1.165, 1.54) is 6.54 Å². The lowest BCUT2D eigenvalue weighted by Crippen LogP contribution is -2.46. The van der Waals surface area contributed by atoms with Gasteiger partial charge in [0.05, 0.1) is 0 Å². The monoisotopic (exact) mass is 340 g/mol. The van der Waals surface area contributed by atoms with Gasteiger partial charge in [0.1, 0.15) is 5.75 Å². The first kappa shape index (κ1) is 15.8. The second kappa shape index (κ2) is 6.92. The van der Waals surface area contributed by atoms with E-state index < -0.39 is 0 Å². The molecule has 1 saturated heterocycles. The van der Waals surface area contributed by atoms with E-state index in [0.717, 1.165) is 54.2 Å². The number of hydrogen-bond donors (Lipinski definition) is 1. The Hall–Kier alpha value is -0.580. The number of phenols is 1. The van der Waals surface area contributed by atoms with Crippen LogP contribution < -0.4 is 0 Å². The Balaban J connectivity index is 1.93. The molecule has 20 heavy (non-hydrogen) atoms. The summed E-state index contributed by atoms with van der Waals surface area (Å²) >= 11 is 3.51. The minimum absolute atomic E-state index is 0.442. The van der Waals surface area contributed by atoms with Crippen LogP contribution in [0.1, 0.15) is 25.0 Å². The molecule has 0 atom stereocenters. The second-order valence-corrected chi connectivity index (χ2v) is 7.12. The zero-order valence-corrected chi connectivity index (χ0v) is 14.3. The number of halogens is 1. The number of hydrogen-bond acceptors (Lipinski definition) is 3. The lowest BCUT2D eigenvalue weighted by atomic mass is 10.1. The van der Waals surface area contributed by atoms with Gasteiger partial charge in [-0.05, 0) is 30.5 Å². The van der Waals surface area contributed by atoms with Gasteiger partial charge in [0.2, 0.25) is 0 Å². The maximum absolute atomic E-state index is 10.2. The Bertz CT molecular complexity index is 454. The van der Waals surface area contributed by atoms with Crippen LogP contribution in [0.15, 0.2) is 16.6 Å². The van der Waals surface area contributed by atoms with Crippen molar-refractivity contribution in [3.05, 3.63) is 27.7 Å². The van der Waals surface area contributed by atoms with E-state index in [1.807, 2.05) is 19.1 Å². The van der Waals surface area contributed by atoms with Crippen molar-refractivity contribution in [3.8, 4) is 5.75 Å². The molecule has 1 fully saturated rings. The van der Waals surface area contributed by atoms with Crippen molar-refractivity contribution >= 4 is 15.9 Å². The molecule has 1 aliphatic heterocycles. The normalized spacial score (nSPS) is 17.9. The Morgan fingerprint density at radius 3 is 2.35 bits per heavy atom. The maximum Gasteiger partial charge on any atom is 0.123 e. The SMILES string of the molecule is Cc1cc(Br)cc(CN2CCN(CC(C)C)CC2)c1O. The molecule has 1 aliphatic rings. The van der Waals surface area contributed by atoms with Crippen molar-refractivity contribution in [1.82, 2.24) is 9.80 Å². The molecule has 1 N–H and O–H groups in total.